The van der Waals surface area contributed by atoms with Crippen molar-refractivity contribution in [2.45, 2.75) is 26.4 Å². The number of nitrogens with zero attached hydrogens (tertiary/aromatic N) is 1. The highest BCUT2D eigenvalue weighted by Gasteiger charge is 2.15. The third-order valence-corrected chi connectivity index (χ3v) is 6.79. The molecule has 1 atom stereocenters. The van der Waals surface area contributed by atoms with Gasteiger partial charge in [-0.3, -0.25) is 4.79 Å². The number of hydrogen-bond donors (Lipinski definition) is 2. The lowest BCUT2D eigenvalue weighted by molar-refractivity contribution is -0.137. The maximum atomic E-state index is 11.0. The van der Waals surface area contributed by atoms with Gasteiger partial charge < -0.3 is 24.6 Å². The molecule has 0 aliphatic rings. The molecule has 37 heavy (non-hydrogen) atoms. The molecule has 0 fully saturated rings. The third kappa shape index (κ3) is 9.24. The van der Waals surface area contributed by atoms with Crippen molar-refractivity contribution >= 4 is 40.3 Å². The average molecular weight is 538 g/mol. The van der Waals surface area contributed by atoms with E-state index in [0.717, 1.165) is 22.5 Å². The molecule has 2 N–H and O–H groups in total. The van der Waals surface area contributed by atoms with Crippen LogP contribution in [0.2, 0.25) is 0 Å². The molecule has 0 bridgehead atoms. The summed E-state index contributed by atoms with van der Waals surface area (Å²) in [5.41, 5.74) is 3.14. The van der Waals surface area contributed by atoms with Gasteiger partial charge in [-0.15, -0.1) is 0 Å². The first-order valence-electron chi connectivity index (χ1n) is 11.9. The van der Waals surface area contributed by atoms with Crippen molar-refractivity contribution in [3.63, 3.8) is 0 Å². The molecule has 0 aliphatic heterocycles. The number of carboxylic acid groups (broad SMARTS) is 1. The fraction of sp³-hybridized carbons (Fsp3) is 0.241. The standard InChI is InChI=1S/C29H31NO5S2/c1-21(37-29(36)30(20-31)19-28(32)33)17-24-13-14-26(34-16-15-23-9-5-3-6-10-23)27(18-24)35-22(2)25-11-7-4-8-12-25/h3-14,17-18,22,31H,15-16,19-20H2,1-2H3,(H,32,33)/b21-17-. The monoisotopic (exact) mass is 537 g/mol. The zero-order valence-corrected chi connectivity index (χ0v) is 22.5. The van der Waals surface area contributed by atoms with Crippen LogP contribution in [0.25, 0.3) is 6.08 Å². The number of ether oxygens (including phenoxy) is 2. The molecule has 3 rings (SSSR count). The van der Waals surface area contributed by atoms with E-state index in [4.69, 9.17) is 26.8 Å². The number of benzene rings is 3. The summed E-state index contributed by atoms with van der Waals surface area (Å²) in [5, 5.41) is 18.5. The van der Waals surface area contributed by atoms with Gasteiger partial charge in [0, 0.05) is 6.42 Å². The van der Waals surface area contributed by atoms with Crippen LogP contribution in [0.1, 0.15) is 36.6 Å². The second kappa shape index (κ2) is 14.4. The molecule has 0 amide bonds. The number of rotatable bonds is 12. The van der Waals surface area contributed by atoms with Crippen LogP contribution in [-0.2, 0) is 11.2 Å². The van der Waals surface area contributed by atoms with Crippen LogP contribution in [0.3, 0.4) is 0 Å². The Morgan fingerprint density at radius 3 is 2.38 bits per heavy atom. The normalized spacial score (nSPS) is 12.0. The molecule has 1 unspecified atom stereocenters. The van der Waals surface area contributed by atoms with Crippen molar-refractivity contribution in [2.24, 2.45) is 0 Å². The molecule has 194 valence electrons. The third-order valence-electron chi connectivity index (χ3n) is 5.40. The van der Waals surface area contributed by atoms with Gasteiger partial charge in [-0.05, 0) is 53.7 Å². The van der Waals surface area contributed by atoms with Gasteiger partial charge >= 0.3 is 5.97 Å². The highest BCUT2D eigenvalue weighted by atomic mass is 32.2. The van der Waals surface area contributed by atoms with Gasteiger partial charge in [-0.2, -0.15) is 0 Å². The molecule has 3 aromatic rings. The SMILES string of the molecule is C/C(=C/c1ccc(OCCc2ccccc2)c(OC(C)c2ccccc2)c1)SC(=S)N(CO)CC(=O)O. The zero-order chi connectivity index (χ0) is 26.6. The summed E-state index contributed by atoms with van der Waals surface area (Å²) in [5.74, 6) is 0.224. The lowest BCUT2D eigenvalue weighted by atomic mass is 10.1. The zero-order valence-electron chi connectivity index (χ0n) is 20.9. The van der Waals surface area contributed by atoms with Gasteiger partial charge in [0.15, 0.2) is 11.5 Å². The summed E-state index contributed by atoms with van der Waals surface area (Å²) >= 11 is 6.54. The Labute approximate surface area is 227 Å². The molecule has 6 nitrogen and oxygen atoms in total. The van der Waals surface area contributed by atoms with Gasteiger partial charge in [-0.25, -0.2) is 0 Å². The fourth-order valence-electron chi connectivity index (χ4n) is 3.53. The van der Waals surface area contributed by atoms with Crippen molar-refractivity contribution in [1.82, 2.24) is 4.90 Å². The number of aliphatic carboxylic acids is 1. The van der Waals surface area contributed by atoms with Crippen LogP contribution < -0.4 is 9.47 Å². The first kappa shape index (κ1) is 28.2. The van der Waals surface area contributed by atoms with E-state index in [-0.39, 0.29) is 17.0 Å². The summed E-state index contributed by atoms with van der Waals surface area (Å²) < 4.78 is 12.8. The van der Waals surface area contributed by atoms with Crippen LogP contribution in [0.4, 0.5) is 0 Å². The number of carbonyl (C=O) groups is 1. The minimum atomic E-state index is -1.06. The number of thioether (sulfide) groups is 1. The van der Waals surface area contributed by atoms with E-state index in [1.165, 1.54) is 22.2 Å². The molecule has 0 radical (unpaired) electrons. The Morgan fingerprint density at radius 2 is 1.73 bits per heavy atom. The number of carboxylic acids is 1. The molecular weight excluding hydrogens is 506 g/mol. The molecule has 0 spiro atoms. The van der Waals surface area contributed by atoms with E-state index < -0.39 is 12.7 Å². The molecule has 8 heteroatoms. The van der Waals surface area contributed by atoms with Crippen LogP contribution in [0.15, 0.2) is 83.8 Å². The van der Waals surface area contributed by atoms with Gasteiger partial charge in [0.25, 0.3) is 0 Å². The average Bonchev–Trinajstić information content (AvgIpc) is 2.89. The second-order valence-electron chi connectivity index (χ2n) is 8.32. The summed E-state index contributed by atoms with van der Waals surface area (Å²) in [6.07, 6.45) is 2.52. The number of aliphatic hydroxyl groups is 1. The summed E-state index contributed by atoms with van der Waals surface area (Å²) in [4.78, 5) is 13.1. The van der Waals surface area contributed by atoms with E-state index in [0.29, 0.717) is 18.1 Å². The van der Waals surface area contributed by atoms with Crippen LogP contribution in [0.5, 0.6) is 11.5 Å². The molecule has 0 aromatic heterocycles. The summed E-state index contributed by atoms with van der Waals surface area (Å²) in [6.45, 7) is 3.57. The van der Waals surface area contributed by atoms with Gasteiger partial charge in [0.2, 0.25) is 0 Å². The molecule has 3 aromatic carbocycles. The Hall–Kier alpha value is -3.33. The summed E-state index contributed by atoms with van der Waals surface area (Å²) in [6, 6.07) is 25.9. The first-order valence-corrected chi connectivity index (χ1v) is 13.1. The van der Waals surface area contributed by atoms with Crippen molar-refractivity contribution in [2.75, 3.05) is 19.9 Å². The molecular formula is C29H31NO5S2. The van der Waals surface area contributed by atoms with Gasteiger partial charge in [0.05, 0.1) is 6.61 Å². The molecule has 0 saturated carbocycles. The predicted molar refractivity (Wildman–Crippen MR) is 153 cm³/mol. The smallest absolute Gasteiger partial charge is 0.323 e. The van der Waals surface area contributed by atoms with E-state index in [2.05, 4.69) is 12.1 Å². The fourth-order valence-corrected chi connectivity index (χ4v) is 4.77. The van der Waals surface area contributed by atoms with E-state index in [1.807, 2.05) is 86.7 Å². The van der Waals surface area contributed by atoms with Gasteiger partial charge in [-0.1, -0.05) is 90.7 Å². The van der Waals surface area contributed by atoms with E-state index >= 15 is 0 Å². The largest absolute Gasteiger partial charge is 0.489 e. The Balaban J connectivity index is 1.77. The Morgan fingerprint density at radius 1 is 1.05 bits per heavy atom. The van der Waals surface area contributed by atoms with Crippen molar-refractivity contribution in [1.29, 1.82) is 0 Å². The lowest BCUT2D eigenvalue weighted by Crippen LogP contribution is -2.33. The van der Waals surface area contributed by atoms with Crippen LogP contribution in [0, 0.1) is 0 Å². The van der Waals surface area contributed by atoms with Crippen molar-refractivity contribution in [3.8, 4) is 11.5 Å². The maximum Gasteiger partial charge on any atom is 0.323 e. The Bertz CT molecular complexity index is 1200. The van der Waals surface area contributed by atoms with E-state index in [1.54, 1.807) is 0 Å². The number of aliphatic hydroxyl groups excluding tert-OH is 1. The van der Waals surface area contributed by atoms with Crippen LogP contribution in [-0.4, -0.2) is 45.3 Å². The highest BCUT2D eigenvalue weighted by Crippen LogP contribution is 2.34. The quantitative estimate of drug-likeness (QED) is 0.210. The highest BCUT2D eigenvalue weighted by molar-refractivity contribution is 8.25. The molecule has 0 aliphatic carbocycles. The molecule has 0 saturated heterocycles. The lowest BCUT2D eigenvalue weighted by Gasteiger charge is -2.20. The van der Waals surface area contributed by atoms with Gasteiger partial charge in [0.1, 0.15) is 23.7 Å². The molecule has 0 heterocycles. The Kier molecular flexibility index (Phi) is 11.0. The minimum Gasteiger partial charge on any atom is -0.489 e. The minimum absolute atomic E-state index is 0.186. The summed E-state index contributed by atoms with van der Waals surface area (Å²) in [7, 11) is 0. The number of thiocarbonyl (C=S) groups is 1. The second-order valence-corrected chi connectivity index (χ2v) is 10.2. The number of hydrogen-bond acceptors (Lipinski definition) is 6. The topological polar surface area (TPSA) is 79.2 Å². The van der Waals surface area contributed by atoms with Crippen molar-refractivity contribution in [3.05, 3.63) is 100 Å². The van der Waals surface area contributed by atoms with Crippen molar-refractivity contribution < 1.29 is 24.5 Å². The van der Waals surface area contributed by atoms with Crippen LogP contribution >= 0.6 is 24.0 Å². The maximum absolute atomic E-state index is 11.0. The first-order chi connectivity index (χ1) is 17.9. The predicted octanol–water partition coefficient (Wildman–Crippen LogP) is 6.16. The number of allylic oxidation sites excluding steroid dienone is 1. The van der Waals surface area contributed by atoms with E-state index in [9.17, 15) is 9.90 Å².